The highest BCUT2D eigenvalue weighted by molar-refractivity contribution is 5.87. The van der Waals surface area contributed by atoms with E-state index in [1.165, 1.54) is 24.3 Å². The number of halogens is 2. The van der Waals surface area contributed by atoms with Crippen LogP contribution < -0.4 is 10.1 Å². The quantitative estimate of drug-likeness (QED) is 0.863. The van der Waals surface area contributed by atoms with E-state index in [-0.39, 0.29) is 31.2 Å². The summed E-state index contributed by atoms with van der Waals surface area (Å²) in [5.74, 6) is -3.21. The van der Waals surface area contributed by atoms with Crippen LogP contribution in [-0.2, 0) is 0 Å². The van der Waals surface area contributed by atoms with Crippen molar-refractivity contribution < 1.29 is 23.4 Å². The molecule has 4 nitrogen and oxygen atoms in total. The Morgan fingerprint density at radius 2 is 2.11 bits per heavy atom. The first kappa shape index (κ1) is 12.8. The van der Waals surface area contributed by atoms with Crippen molar-refractivity contribution in [2.45, 2.75) is 18.4 Å². The van der Waals surface area contributed by atoms with Crippen LogP contribution in [-0.4, -0.2) is 36.2 Å². The van der Waals surface area contributed by atoms with E-state index >= 15 is 0 Å². The molecule has 1 atom stereocenters. The lowest BCUT2D eigenvalue weighted by molar-refractivity contribution is 0.0196. The van der Waals surface area contributed by atoms with Crippen LogP contribution in [0.1, 0.15) is 16.8 Å². The molecule has 1 aliphatic heterocycles. The molecule has 18 heavy (non-hydrogen) atoms. The van der Waals surface area contributed by atoms with E-state index in [1.54, 1.807) is 0 Å². The van der Waals surface area contributed by atoms with E-state index < -0.39 is 11.9 Å². The van der Waals surface area contributed by atoms with E-state index in [4.69, 9.17) is 9.84 Å². The number of carboxylic acid groups (broad SMARTS) is 1. The molecule has 1 unspecified atom stereocenters. The van der Waals surface area contributed by atoms with Gasteiger partial charge in [0.25, 0.3) is 5.92 Å². The van der Waals surface area contributed by atoms with E-state index in [9.17, 15) is 13.6 Å². The Balaban J connectivity index is 1.85. The molecule has 0 amide bonds. The number of rotatable bonds is 4. The Morgan fingerprint density at radius 1 is 1.44 bits per heavy atom. The Morgan fingerprint density at radius 3 is 2.61 bits per heavy atom. The summed E-state index contributed by atoms with van der Waals surface area (Å²) < 4.78 is 31.1. The van der Waals surface area contributed by atoms with Crippen molar-refractivity contribution >= 4 is 5.97 Å². The highest BCUT2D eigenvalue weighted by atomic mass is 19.3. The fraction of sp³-hybridized carbons (Fsp3) is 0.417. The molecule has 1 aliphatic rings. The van der Waals surface area contributed by atoms with Gasteiger partial charge < -0.3 is 15.2 Å². The molecule has 98 valence electrons. The summed E-state index contributed by atoms with van der Waals surface area (Å²) in [5.41, 5.74) is 0.160. The number of alkyl halides is 2. The standard InChI is InChI=1S/C12H13F2NO3/c13-12(14)5-9(15-7-12)6-18-10-3-1-8(2-4-10)11(16)17/h1-4,9,15H,5-7H2,(H,16,17). The molecule has 1 aromatic rings. The van der Waals surface area contributed by atoms with E-state index in [2.05, 4.69) is 5.32 Å². The predicted octanol–water partition coefficient (Wildman–Crippen LogP) is 1.76. The summed E-state index contributed by atoms with van der Waals surface area (Å²) >= 11 is 0. The molecule has 0 saturated carbocycles. The van der Waals surface area contributed by atoms with Gasteiger partial charge in [-0.25, -0.2) is 13.6 Å². The van der Waals surface area contributed by atoms with Gasteiger partial charge in [0.2, 0.25) is 0 Å². The molecule has 6 heteroatoms. The monoisotopic (exact) mass is 257 g/mol. The Hall–Kier alpha value is -1.69. The van der Waals surface area contributed by atoms with Crippen molar-refractivity contribution in [2.75, 3.05) is 13.2 Å². The molecule has 0 bridgehead atoms. The van der Waals surface area contributed by atoms with Crippen LogP contribution in [0.25, 0.3) is 0 Å². The first-order chi connectivity index (χ1) is 8.46. The van der Waals surface area contributed by atoms with Gasteiger partial charge in [-0.1, -0.05) is 0 Å². The summed E-state index contributed by atoms with van der Waals surface area (Å²) in [6, 6.07) is 5.47. The van der Waals surface area contributed by atoms with Gasteiger partial charge in [0, 0.05) is 12.5 Å². The zero-order chi connectivity index (χ0) is 13.2. The molecule has 2 N–H and O–H groups in total. The van der Waals surface area contributed by atoms with Gasteiger partial charge in [0.05, 0.1) is 12.1 Å². The molecule has 1 heterocycles. The first-order valence-electron chi connectivity index (χ1n) is 5.54. The molecule has 1 fully saturated rings. The zero-order valence-electron chi connectivity index (χ0n) is 9.53. The third-order valence-corrected chi connectivity index (χ3v) is 2.75. The van der Waals surface area contributed by atoms with Crippen LogP contribution in [0.15, 0.2) is 24.3 Å². The second-order valence-electron chi connectivity index (χ2n) is 4.28. The highest BCUT2D eigenvalue weighted by Gasteiger charge is 2.39. The number of carbonyl (C=O) groups is 1. The van der Waals surface area contributed by atoms with Crippen molar-refractivity contribution in [2.24, 2.45) is 0 Å². The maximum Gasteiger partial charge on any atom is 0.335 e. The zero-order valence-corrected chi connectivity index (χ0v) is 9.53. The lowest BCUT2D eigenvalue weighted by Crippen LogP contribution is -2.28. The van der Waals surface area contributed by atoms with Gasteiger partial charge >= 0.3 is 5.97 Å². The minimum atomic E-state index is -2.67. The number of aromatic carboxylic acids is 1. The highest BCUT2D eigenvalue weighted by Crippen LogP contribution is 2.25. The first-order valence-corrected chi connectivity index (χ1v) is 5.54. The Kier molecular flexibility index (Phi) is 3.47. The third kappa shape index (κ3) is 3.16. The fourth-order valence-electron chi connectivity index (χ4n) is 1.81. The van der Waals surface area contributed by atoms with E-state index in [0.717, 1.165) is 0 Å². The largest absolute Gasteiger partial charge is 0.492 e. The molecule has 0 spiro atoms. The normalized spacial score (nSPS) is 21.8. The van der Waals surface area contributed by atoms with Crippen LogP contribution in [0.5, 0.6) is 5.75 Å². The van der Waals surface area contributed by atoms with Crippen LogP contribution >= 0.6 is 0 Å². The number of hydrogen-bond acceptors (Lipinski definition) is 3. The number of benzene rings is 1. The molecule has 0 aliphatic carbocycles. The summed E-state index contributed by atoms with van der Waals surface area (Å²) in [4.78, 5) is 10.6. The maximum atomic E-state index is 12.9. The summed E-state index contributed by atoms with van der Waals surface area (Å²) in [5, 5.41) is 11.4. The van der Waals surface area contributed by atoms with Crippen molar-refractivity contribution in [3.63, 3.8) is 0 Å². The number of nitrogens with one attached hydrogen (secondary N) is 1. The molecule has 2 rings (SSSR count). The predicted molar refractivity (Wildman–Crippen MR) is 60.3 cm³/mol. The Bertz CT molecular complexity index is 433. The van der Waals surface area contributed by atoms with Crippen LogP contribution in [0.3, 0.4) is 0 Å². The van der Waals surface area contributed by atoms with E-state index in [0.29, 0.717) is 5.75 Å². The molecule has 0 radical (unpaired) electrons. The van der Waals surface area contributed by atoms with E-state index in [1.807, 2.05) is 0 Å². The minimum absolute atomic E-state index is 0.141. The van der Waals surface area contributed by atoms with Crippen molar-refractivity contribution in [3.05, 3.63) is 29.8 Å². The topological polar surface area (TPSA) is 58.6 Å². The van der Waals surface area contributed by atoms with Crippen molar-refractivity contribution in [3.8, 4) is 5.75 Å². The molecule has 0 aromatic heterocycles. The smallest absolute Gasteiger partial charge is 0.335 e. The number of ether oxygens (including phenoxy) is 1. The fourth-order valence-corrected chi connectivity index (χ4v) is 1.81. The van der Waals surface area contributed by atoms with Gasteiger partial charge in [-0.15, -0.1) is 0 Å². The van der Waals surface area contributed by atoms with Crippen molar-refractivity contribution in [1.29, 1.82) is 0 Å². The third-order valence-electron chi connectivity index (χ3n) is 2.75. The second kappa shape index (κ2) is 4.89. The summed E-state index contributed by atoms with van der Waals surface area (Å²) in [7, 11) is 0. The molecular weight excluding hydrogens is 244 g/mol. The van der Waals surface area contributed by atoms with Crippen molar-refractivity contribution in [1.82, 2.24) is 5.32 Å². The van der Waals surface area contributed by atoms with Gasteiger partial charge in [-0.05, 0) is 24.3 Å². The lowest BCUT2D eigenvalue weighted by atomic mass is 10.2. The molecule has 1 aromatic carbocycles. The van der Waals surface area contributed by atoms with Crippen LogP contribution in [0, 0.1) is 0 Å². The SMILES string of the molecule is O=C(O)c1ccc(OCC2CC(F)(F)CN2)cc1. The summed E-state index contributed by atoms with van der Waals surface area (Å²) in [6.45, 7) is -0.180. The Labute approximate surface area is 103 Å². The van der Waals surface area contributed by atoms with Gasteiger partial charge in [-0.2, -0.15) is 0 Å². The van der Waals surface area contributed by atoms with Gasteiger partial charge in [0.15, 0.2) is 0 Å². The minimum Gasteiger partial charge on any atom is -0.492 e. The lowest BCUT2D eigenvalue weighted by Gasteiger charge is -2.12. The molecule has 1 saturated heterocycles. The van der Waals surface area contributed by atoms with Crippen LogP contribution in [0.2, 0.25) is 0 Å². The average Bonchev–Trinajstić information content (AvgIpc) is 2.67. The maximum absolute atomic E-state index is 12.9. The van der Waals surface area contributed by atoms with Crippen LogP contribution in [0.4, 0.5) is 8.78 Å². The number of hydrogen-bond donors (Lipinski definition) is 2. The average molecular weight is 257 g/mol. The summed E-state index contributed by atoms with van der Waals surface area (Å²) in [6.07, 6.45) is -0.236. The molecular formula is C12H13F2NO3. The van der Waals surface area contributed by atoms with Gasteiger partial charge in [-0.3, -0.25) is 0 Å². The van der Waals surface area contributed by atoms with Gasteiger partial charge in [0.1, 0.15) is 12.4 Å². The second-order valence-corrected chi connectivity index (χ2v) is 4.28. The number of carboxylic acids is 1.